The van der Waals surface area contributed by atoms with Gasteiger partial charge in [-0.05, 0) is 12.5 Å². The predicted octanol–water partition coefficient (Wildman–Crippen LogP) is 1.39. The zero-order chi connectivity index (χ0) is 14.1. The van der Waals surface area contributed by atoms with E-state index in [0.717, 1.165) is 13.0 Å². The van der Waals surface area contributed by atoms with Crippen LogP contribution in [0.4, 0.5) is 5.69 Å². The summed E-state index contributed by atoms with van der Waals surface area (Å²) in [6.45, 7) is 2.52. The number of nitrogens with zero attached hydrogens (tertiary/aromatic N) is 4. The van der Waals surface area contributed by atoms with Gasteiger partial charge < -0.3 is 10.2 Å². The summed E-state index contributed by atoms with van der Waals surface area (Å²) < 4.78 is 0. The van der Waals surface area contributed by atoms with Crippen molar-refractivity contribution < 1.29 is 4.79 Å². The number of amides is 1. The van der Waals surface area contributed by atoms with Crippen LogP contribution in [0.3, 0.4) is 0 Å². The molecule has 0 bridgehead atoms. The molecule has 98 valence electrons. The van der Waals surface area contributed by atoms with Crippen LogP contribution in [0, 0.1) is 22.7 Å². The highest BCUT2D eigenvalue weighted by molar-refractivity contribution is 5.99. The van der Waals surface area contributed by atoms with Gasteiger partial charge >= 0.3 is 0 Å². The van der Waals surface area contributed by atoms with Crippen molar-refractivity contribution in [1.82, 2.24) is 9.88 Å². The van der Waals surface area contributed by atoms with E-state index in [9.17, 15) is 4.79 Å². The van der Waals surface area contributed by atoms with Crippen molar-refractivity contribution in [1.29, 1.82) is 10.5 Å². The summed E-state index contributed by atoms with van der Waals surface area (Å²) in [5.41, 5.74) is 1.05. The Hall–Kier alpha value is -2.60. The number of nitrogens with one attached hydrogen (secondary N) is 1. The zero-order valence-electron chi connectivity index (χ0n) is 10.8. The first-order chi connectivity index (χ1) is 9.24. The van der Waals surface area contributed by atoms with Gasteiger partial charge in [0.2, 0.25) is 0 Å². The second-order valence-corrected chi connectivity index (χ2v) is 3.83. The van der Waals surface area contributed by atoms with Crippen molar-refractivity contribution in [2.24, 2.45) is 0 Å². The van der Waals surface area contributed by atoms with Crippen LogP contribution in [0.2, 0.25) is 0 Å². The van der Waals surface area contributed by atoms with Crippen molar-refractivity contribution in [3.63, 3.8) is 0 Å². The minimum absolute atomic E-state index is 0.117. The standard InChI is InChI=1S/C13H15N5O/c1-2-6-17-12-3-7-16-10-11(12)13(19)18(8-4-14)9-5-15/h3,7,10H,2,6,8-9H2,1H3,(H,16,17). The molecular formula is C13H15N5O. The average Bonchev–Trinajstić information content (AvgIpc) is 2.44. The van der Waals surface area contributed by atoms with E-state index >= 15 is 0 Å². The van der Waals surface area contributed by atoms with Gasteiger partial charge in [-0.2, -0.15) is 10.5 Å². The summed E-state index contributed by atoms with van der Waals surface area (Å²) in [4.78, 5) is 17.4. The molecule has 0 unspecified atom stereocenters. The molecule has 1 N–H and O–H groups in total. The summed E-state index contributed by atoms with van der Waals surface area (Å²) in [6.07, 6.45) is 3.96. The topological polar surface area (TPSA) is 92.8 Å². The third-order valence-electron chi connectivity index (χ3n) is 2.43. The predicted molar refractivity (Wildman–Crippen MR) is 70.1 cm³/mol. The van der Waals surface area contributed by atoms with E-state index < -0.39 is 0 Å². The Kier molecular flexibility index (Phi) is 5.84. The summed E-state index contributed by atoms with van der Waals surface area (Å²) in [5, 5.41) is 20.5. The Labute approximate surface area is 112 Å². The molecule has 0 aliphatic heterocycles. The molecule has 0 aliphatic carbocycles. The lowest BCUT2D eigenvalue weighted by Crippen LogP contribution is -2.32. The molecule has 1 aromatic heterocycles. The smallest absolute Gasteiger partial charge is 0.259 e. The van der Waals surface area contributed by atoms with E-state index in [2.05, 4.69) is 10.3 Å². The van der Waals surface area contributed by atoms with Crippen molar-refractivity contribution in [2.45, 2.75) is 13.3 Å². The van der Waals surface area contributed by atoms with Crippen LogP contribution >= 0.6 is 0 Å². The van der Waals surface area contributed by atoms with E-state index in [1.54, 1.807) is 12.3 Å². The SMILES string of the molecule is CCCNc1ccncc1C(=O)N(CC#N)CC#N. The van der Waals surface area contributed by atoms with E-state index in [1.165, 1.54) is 11.1 Å². The number of anilines is 1. The Morgan fingerprint density at radius 1 is 1.42 bits per heavy atom. The average molecular weight is 257 g/mol. The molecule has 0 aliphatic rings. The summed E-state index contributed by atoms with van der Waals surface area (Å²) in [5.74, 6) is -0.366. The summed E-state index contributed by atoms with van der Waals surface area (Å²) in [7, 11) is 0. The van der Waals surface area contributed by atoms with Crippen molar-refractivity contribution in [3.8, 4) is 12.1 Å². The molecule has 0 radical (unpaired) electrons. The molecule has 0 fully saturated rings. The number of hydrogen-bond acceptors (Lipinski definition) is 5. The van der Waals surface area contributed by atoms with Crippen LogP contribution in [0.15, 0.2) is 18.5 Å². The van der Waals surface area contributed by atoms with Gasteiger partial charge in [0.15, 0.2) is 0 Å². The van der Waals surface area contributed by atoms with E-state index in [-0.39, 0.29) is 19.0 Å². The molecule has 19 heavy (non-hydrogen) atoms. The zero-order valence-corrected chi connectivity index (χ0v) is 10.8. The second-order valence-electron chi connectivity index (χ2n) is 3.83. The lowest BCUT2D eigenvalue weighted by Gasteiger charge is -2.18. The molecule has 0 saturated carbocycles. The fourth-order valence-corrected chi connectivity index (χ4v) is 1.52. The molecular weight excluding hydrogens is 242 g/mol. The first kappa shape index (κ1) is 14.5. The van der Waals surface area contributed by atoms with E-state index in [0.29, 0.717) is 11.3 Å². The van der Waals surface area contributed by atoms with Crippen LogP contribution in [0.1, 0.15) is 23.7 Å². The van der Waals surface area contributed by atoms with E-state index in [1.807, 2.05) is 19.1 Å². The van der Waals surface area contributed by atoms with Gasteiger partial charge in [0, 0.05) is 18.9 Å². The number of pyridine rings is 1. The molecule has 0 atom stereocenters. The Bertz CT molecular complexity index is 499. The highest BCUT2D eigenvalue weighted by atomic mass is 16.2. The van der Waals surface area contributed by atoms with Gasteiger partial charge in [-0.25, -0.2) is 0 Å². The van der Waals surface area contributed by atoms with Crippen molar-refractivity contribution in [2.75, 3.05) is 25.0 Å². The number of aromatic nitrogens is 1. The number of carbonyl (C=O) groups is 1. The van der Waals surface area contributed by atoms with Crippen LogP contribution < -0.4 is 5.32 Å². The van der Waals surface area contributed by atoms with Crippen LogP contribution in [0.5, 0.6) is 0 Å². The normalized spacial score (nSPS) is 9.21. The number of nitriles is 2. The van der Waals surface area contributed by atoms with Gasteiger partial charge in [0.25, 0.3) is 5.91 Å². The lowest BCUT2D eigenvalue weighted by molar-refractivity contribution is 0.0795. The van der Waals surface area contributed by atoms with E-state index in [4.69, 9.17) is 10.5 Å². The summed E-state index contributed by atoms with van der Waals surface area (Å²) in [6, 6.07) is 5.47. The van der Waals surface area contributed by atoms with Gasteiger partial charge in [-0.1, -0.05) is 6.92 Å². The quantitative estimate of drug-likeness (QED) is 0.777. The van der Waals surface area contributed by atoms with Crippen LogP contribution in [0.25, 0.3) is 0 Å². The molecule has 1 rings (SSSR count). The third kappa shape index (κ3) is 3.97. The van der Waals surface area contributed by atoms with Gasteiger partial charge in [-0.3, -0.25) is 9.78 Å². The highest BCUT2D eigenvalue weighted by Gasteiger charge is 2.18. The molecule has 1 heterocycles. The van der Waals surface area contributed by atoms with Gasteiger partial charge in [0.05, 0.1) is 23.4 Å². The van der Waals surface area contributed by atoms with Crippen molar-refractivity contribution >= 4 is 11.6 Å². The molecule has 0 saturated heterocycles. The second kappa shape index (κ2) is 7.67. The first-order valence-corrected chi connectivity index (χ1v) is 5.95. The van der Waals surface area contributed by atoms with Gasteiger partial charge in [-0.15, -0.1) is 0 Å². The lowest BCUT2D eigenvalue weighted by atomic mass is 10.2. The molecule has 0 aromatic carbocycles. The Balaban J connectivity index is 2.97. The Morgan fingerprint density at radius 2 is 2.11 bits per heavy atom. The molecule has 1 aromatic rings. The molecule has 1 amide bonds. The molecule has 6 heteroatoms. The minimum atomic E-state index is -0.366. The maximum atomic E-state index is 12.3. The van der Waals surface area contributed by atoms with Gasteiger partial charge in [0.1, 0.15) is 13.1 Å². The summed E-state index contributed by atoms with van der Waals surface area (Å²) >= 11 is 0. The fraction of sp³-hybridized carbons (Fsp3) is 0.385. The number of rotatable bonds is 6. The number of hydrogen-bond donors (Lipinski definition) is 1. The van der Waals surface area contributed by atoms with Crippen molar-refractivity contribution in [3.05, 3.63) is 24.0 Å². The first-order valence-electron chi connectivity index (χ1n) is 5.95. The monoisotopic (exact) mass is 257 g/mol. The number of carbonyl (C=O) groups excluding carboxylic acids is 1. The Morgan fingerprint density at radius 3 is 2.68 bits per heavy atom. The maximum absolute atomic E-state index is 12.3. The molecule has 6 nitrogen and oxygen atoms in total. The fourth-order valence-electron chi connectivity index (χ4n) is 1.52. The largest absolute Gasteiger partial charge is 0.384 e. The van der Waals surface area contributed by atoms with Crippen LogP contribution in [-0.4, -0.2) is 35.4 Å². The third-order valence-corrected chi connectivity index (χ3v) is 2.43. The molecule has 0 spiro atoms. The van der Waals surface area contributed by atoms with Crippen LogP contribution in [-0.2, 0) is 0 Å². The highest BCUT2D eigenvalue weighted by Crippen LogP contribution is 2.15. The maximum Gasteiger partial charge on any atom is 0.259 e. The minimum Gasteiger partial charge on any atom is -0.384 e.